The molecule has 1 fully saturated rings. The lowest BCUT2D eigenvalue weighted by molar-refractivity contribution is -0.141. The Bertz CT molecular complexity index is 892. The molecule has 6 heteroatoms. The van der Waals surface area contributed by atoms with Crippen LogP contribution in [-0.4, -0.2) is 31.1 Å². The molecule has 2 aromatic rings. The summed E-state index contributed by atoms with van der Waals surface area (Å²) in [6.07, 6.45) is -0.704. The van der Waals surface area contributed by atoms with Gasteiger partial charge < -0.3 is 4.74 Å². The van der Waals surface area contributed by atoms with Gasteiger partial charge in [0, 0.05) is 12.6 Å². The van der Waals surface area contributed by atoms with Crippen molar-refractivity contribution in [3.05, 3.63) is 59.2 Å². The first-order valence-corrected chi connectivity index (χ1v) is 9.99. The molecule has 1 saturated heterocycles. The van der Waals surface area contributed by atoms with E-state index in [-0.39, 0.29) is 12.0 Å². The largest absolute Gasteiger partial charge is 0.469 e. The fourth-order valence-electron chi connectivity index (χ4n) is 4.71. The van der Waals surface area contributed by atoms with E-state index in [2.05, 4.69) is 17.0 Å². The smallest absolute Gasteiger partial charge is 0.416 e. The van der Waals surface area contributed by atoms with E-state index < -0.39 is 11.7 Å². The van der Waals surface area contributed by atoms with Crippen LogP contribution >= 0.6 is 0 Å². The maximum Gasteiger partial charge on any atom is 0.416 e. The van der Waals surface area contributed by atoms with Crippen LogP contribution in [0.1, 0.15) is 54.3 Å². The second-order valence-electron chi connectivity index (χ2n) is 7.87. The third-order valence-corrected chi connectivity index (χ3v) is 6.21. The third kappa shape index (κ3) is 4.04. The number of nitrogens with zero attached hydrogens (tertiary/aromatic N) is 1. The number of hydrogen-bond acceptors (Lipinski definition) is 3. The van der Waals surface area contributed by atoms with Crippen molar-refractivity contribution >= 4 is 5.97 Å². The number of carbonyl (C=O) groups is 1. The second kappa shape index (κ2) is 7.82. The first-order valence-electron chi connectivity index (χ1n) is 9.99. The van der Waals surface area contributed by atoms with Crippen molar-refractivity contribution in [3.8, 4) is 11.1 Å². The standard InChI is InChI=1S/C23H24F3NO2/c1-29-22(28)10-12-27-11-2-3-17-14-21(27)20-13-16(6-9-19(17)20)15-4-7-18(8-5-15)23(24,25)26/h4-9,13,17,21H,2-3,10-12,14H2,1H3/t17?,21-/m1/s1. The first kappa shape index (κ1) is 20.0. The monoisotopic (exact) mass is 403 g/mol. The Morgan fingerprint density at radius 3 is 2.52 bits per heavy atom. The molecule has 1 aliphatic carbocycles. The molecule has 0 radical (unpaired) electrons. The molecule has 4 rings (SSSR count). The Labute approximate surface area is 168 Å². The summed E-state index contributed by atoms with van der Waals surface area (Å²) in [6.45, 7) is 1.61. The van der Waals surface area contributed by atoms with E-state index >= 15 is 0 Å². The summed E-state index contributed by atoms with van der Waals surface area (Å²) >= 11 is 0. The second-order valence-corrected chi connectivity index (χ2v) is 7.87. The molecule has 0 spiro atoms. The van der Waals surface area contributed by atoms with Gasteiger partial charge in [0.15, 0.2) is 0 Å². The predicted molar refractivity (Wildman–Crippen MR) is 104 cm³/mol. The maximum absolute atomic E-state index is 12.8. The van der Waals surface area contributed by atoms with Crippen molar-refractivity contribution in [2.24, 2.45) is 0 Å². The van der Waals surface area contributed by atoms with Gasteiger partial charge in [-0.15, -0.1) is 0 Å². The number of hydrogen-bond donors (Lipinski definition) is 0. The van der Waals surface area contributed by atoms with Crippen molar-refractivity contribution in [2.75, 3.05) is 20.2 Å². The first-order chi connectivity index (χ1) is 13.9. The van der Waals surface area contributed by atoms with Gasteiger partial charge in [0.05, 0.1) is 19.1 Å². The summed E-state index contributed by atoms with van der Waals surface area (Å²) in [5.74, 6) is 0.308. The van der Waals surface area contributed by atoms with Crippen LogP contribution in [0.15, 0.2) is 42.5 Å². The number of benzene rings is 2. The van der Waals surface area contributed by atoms with Crippen molar-refractivity contribution in [1.82, 2.24) is 4.90 Å². The number of methoxy groups -OCH3 is 1. The average molecular weight is 403 g/mol. The summed E-state index contributed by atoms with van der Waals surface area (Å²) in [5.41, 5.74) is 3.66. The van der Waals surface area contributed by atoms with E-state index in [1.807, 2.05) is 6.07 Å². The van der Waals surface area contributed by atoms with Crippen LogP contribution in [-0.2, 0) is 15.7 Å². The number of rotatable bonds is 4. The van der Waals surface area contributed by atoms with E-state index in [9.17, 15) is 18.0 Å². The van der Waals surface area contributed by atoms with E-state index in [0.717, 1.165) is 49.1 Å². The van der Waals surface area contributed by atoms with Gasteiger partial charge in [0.2, 0.25) is 0 Å². The van der Waals surface area contributed by atoms with Crippen molar-refractivity contribution in [2.45, 2.75) is 43.8 Å². The summed E-state index contributed by atoms with van der Waals surface area (Å²) in [5, 5.41) is 0. The molecule has 2 aromatic carbocycles. The van der Waals surface area contributed by atoms with Gasteiger partial charge in [0.25, 0.3) is 0 Å². The molecule has 154 valence electrons. The zero-order chi connectivity index (χ0) is 20.6. The third-order valence-electron chi connectivity index (χ3n) is 6.21. The van der Waals surface area contributed by atoms with Crippen molar-refractivity contribution in [1.29, 1.82) is 0 Å². The Kier molecular flexibility index (Phi) is 5.38. The molecule has 0 amide bonds. The summed E-state index contributed by atoms with van der Waals surface area (Å²) in [6, 6.07) is 11.9. The van der Waals surface area contributed by atoms with Gasteiger partial charge in [-0.3, -0.25) is 9.69 Å². The fourth-order valence-corrected chi connectivity index (χ4v) is 4.71. The summed E-state index contributed by atoms with van der Waals surface area (Å²) in [4.78, 5) is 14.0. The quantitative estimate of drug-likeness (QED) is 0.626. The highest BCUT2D eigenvalue weighted by Gasteiger charge is 2.37. The predicted octanol–water partition coefficient (Wildman–Crippen LogP) is 5.56. The van der Waals surface area contributed by atoms with E-state index in [1.54, 1.807) is 0 Å². The molecule has 2 aliphatic rings. The molecule has 1 aliphatic heterocycles. The minimum absolute atomic E-state index is 0.206. The number of esters is 1. The molecule has 2 bridgehead atoms. The Morgan fingerprint density at radius 2 is 1.83 bits per heavy atom. The number of ether oxygens (including phenoxy) is 1. The SMILES string of the molecule is COC(=O)CCN1CCCC2C[C@@H]1c1cc(-c3ccc(C(F)(F)F)cc3)ccc12. The lowest BCUT2D eigenvalue weighted by Gasteiger charge is -2.29. The zero-order valence-electron chi connectivity index (χ0n) is 16.3. The molecule has 3 nitrogen and oxygen atoms in total. The molecule has 0 N–H and O–H groups in total. The van der Waals surface area contributed by atoms with Gasteiger partial charge in [-0.2, -0.15) is 13.2 Å². The van der Waals surface area contributed by atoms with Crippen LogP contribution < -0.4 is 0 Å². The Morgan fingerprint density at radius 1 is 1.10 bits per heavy atom. The molecule has 29 heavy (non-hydrogen) atoms. The number of fused-ring (bicyclic) bond motifs is 5. The lowest BCUT2D eigenvalue weighted by atomic mass is 9.93. The van der Waals surface area contributed by atoms with Crippen LogP contribution in [0.5, 0.6) is 0 Å². The van der Waals surface area contributed by atoms with Crippen LogP contribution in [0.4, 0.5) is 13.2 Å². The topological polar surface area (TPSA) is 29.5 Å². The van der Waals surface area contributed by atoms with Gasteiger partial charge in [0.1, 0.15) is 0 Å². The van der Waals surface area contributed by atoms with Gasteiger partial charge in [-0.25, -0.2) is 0 Å². The van der Waals surface area contributed by atoms with E-state index in [4.69, 9.17) is 4.74 Å². The highest BCUT2D eigenvalue weighted by atomic mass is 19.4. The minimum Gasteiger partial charge on any atom is -0.469 e. The lowest BCUT2D eigenvalue weighted by Crippen LogP contribution is -2.30. The summed E-state index contributed by atoms with van der Waals surface area (Å²) < 4.78 is 43.3. The zero-order valence-corrected chi connectivity index (χ0v) is 16.3. The van der Waals surface area contributed by atoms with Gasteiger partial charge in [-0.1, -0.05) is 24.3 Å². The Balaban J connectivity index is 1.61. The van der Waals surface area contributed by atoms with Crippen LogP contribution in [0.2, 0.25) is 0 Å². The van der Waals surface area contributed by atoms with Gasteiger partial charge in [-0.05, 0) is 72.2 Å². The number of likely N-dealkylation sites (tertiary alicyclic amines) is 1. The molecule has 1 unspecified atom stereocenters. The normalized spacial score (nSPS) is 21.5. The van der Waals surface area contributed by atoms with Crippen LogP contribution in [0, 0.1) is 0 Å². The molecular formula is C23H24F3NO2. The van der Waals surface area contributed by atoms with Crippen LogP contribution in [0.3, 0.4) is 0 Å². The summed E-state index contributed by atoms with van der Waals surface area (Å²) in [7, 11) is 1.40. The molecular weight excluding hydrogens is 379 g/mol. The minimum atomic E-state index is -4.33. The van der Waals surface area contributed by atoms with E-state index in [1.165, 1.54) is 30.4 Å². The number of alkyl halides is 3. The van der Waals surface area contributed by atoms with E-state index in [0.29, 0.717) is 18.9 Å². The molecule has 2 atom stereocenters. The highest BCUT2D eigenvalue weighted by Crippen LogP contribution is 2.49. The Hall–Kier alpha value is -2.34. The van der Waals surface area contributed by atoms with Crippen molar-refractivity contribution < 1.29 is 22.7 Å². The maximum atomic E-state index is 12.8. The molecule has 0 saturated carbocycles. The van der Waals surface area contributed by atoms with Crippen LogP contribution in [0.25, 0.3) is 11.1 Å². The highest BCUT2D eigenvalue weighted by molar-refractivity contribution is 5.69. The van der Waals surface area contributed by atoms with Crippen molar-refractivity contribution in [3.63, 3.8) is 0 Å². The average Bonchev–Trinajstić information content (AvgIpc) is 2.92. The molecule has 0 aromatic heterocycles. The van der Waals surface area contributed by atoms with Gasteiger partial charge >= 0.3 is 12.1 Å². The fraction of sp³-hybridized carbons (Fsp3) is 0.435. The number of halogens is 3. The molecule has 1 heterocycles. The number of carbonyl (C=O) groups excluding carboxylic acids is 1.